The Morgan fingerprint density at radius 1 is 1.04 bits per heavy atom. The number of halogens is 1. The van der Waals surface area contributed by atoms with Crippen LogP contribution in [0.5, 0.6) is 0 Å². The van der Waals surface area contributed by atoms with Crippen molar-refractivity contribution in [3.8, 4) is 0 Å². The molecule has 0 saturated carbocycles. The number of hydrogen-bond acceptors (Lipinski definition) is 5. The van der Waals surface area contributed by atoms with Crippen molar-refractivity contribution in [2.75, 3.05) is 22.8 Å². The maximum Gasteiger partial charge on any atom is 0.240 e. The van der Waals surface area contributed by atoms with Crippen LogP contribution in [0.4, 0.5) is 15.8 Å². The molecule has 2 rings (SSSR count). The summed E-state index contributed by atoms with van der Waals surface area (Å²) in [5, 5.41) is 2.57. The Morgan fingerprint density at radius 2 is 1.68 bits per heavy atom. The Balaban J connectivity index is 1.94. The van der Waals surface area contributed by atoms with Gasteiger partial charge in [-0.05, 0) is 48.9 Å². The summed E-state index contributed by atoms with van der Waals surface area (Å²) in [7, 11) is -7.32. The van der Waals surface area contributed by atoms with E-state index in [0.717, 1.165) is 30.5 Å². The molecular weight excluding hydrogens is 409 g/mol. The number of amides is 1. The highest BCUT2D eigenvalue weighted by molar-refractivity contribution is 7.92. The minimum atomic E-state index is -3.85. The third kappa shape index (κ3) is 6.59. The topological polar surface area (TPSA) is 121 Å². The summed E-state index contributed by atoms with van der Waals surface area (Å²) in [6.45, 7) is 1.55. The molecule has 11 heteroatoms. The summed E-state index contributed by atoms with van der Waals surface area (Å²) in [6.07, 6.45) is 0.869. The van der Waals surface area contributed by atoms with Crippen LogP contribution < -0.4 is 14.8 Å². The second-order valence-corrected chi connectivity index (χ2v) is 9.57. The zero-order valence-electron chi connectivity index (χ0n) is 15.2. The van der Waals surface area contributed by atoms with Gasteiger partial charge in [-0.15, -0.1) is 0 Å². The van der Waals surface area contributed by atoms with Gasteiger partial charge in [-0.25, -0.2) is 25.9 Å². The maximum absolute atomic E-state index is 12.9. The molecule has 0 aliphatic carbocycles. The largest absolute Gasteiger partial charge is 0.326 e. The van der Waals surface area contributed by atoms with Gasteiger partial charge in [0.1, 0.15) is 5.82 Å². The van der Waals surface area contributed by atoms with Gasteiger partial charge in [-0.2, -0.15) is 0 Å². The zero-order chi connectivity index (χ0) is 20.9. The molecule has 0 fully saturated rings. The van der Waals surface area contributed by atoms with Crippen LogP contribution in [0.1, 0.15) is 12.0 Å². The summed E-state index contributed by atoms with van der Waals surface area (Å²) >= 11 is 0. The summed E-state index contributed by atoms with van der Waals surface area (Å²) in [5.41, 5.74) is 1.37. The molecule has 8 nitrogen and oxygen atoms in total. The number of aryl methyl sites for hydroxylation is 1. The van der Waals surface area contributed by atoms with E-state index in [4.69, 9.17) is 0 Å². The first-order valence-corrected chi connectivity index (χ1v) is 11.5. The van der Waals surface area contributed by atoms with E-state index in [-0.39, 0.29) is 17.9 Å². The first-order valence-electron chi connectivity index (χ1n) is 8.10. The van der Waals surface area contributed by atoms with Gasteiger partial charge in [0.15, 0.2) is 0 Å². The summed E-state index contributed by atoms with van der Waals surface area (Å²) in [6, 6.07) is 9.02. The average molecular weight is 429 g/mol. The van der Waals surface area contributed by atoms with Crippen molar-refractivity contribution in [2.24, 2.45) is 0 Å². The number of anilines is 2. The fraction of sp³-hybridized carbons (Fsp3) is 0.235. The third-order valence-corrected chi connectivity index (χ3v) is 5.65. The Bertz CT molecular complexity index is 1070. The fourth-order valence-electron chi connectivity index (χ4n) is 2.23. The molecule has 0 atom stereocenters. The van der Waals surface area contributed by atoms with Crippen LogP contribution in [-0.4, -0.2) is 35.5 Å². The van der Waals surface area contributed by atoms with E-state index in [1.54, 1.807) is 19.1 Å². The number of sulfonamides is 2. The molecule has 28 heavy (non-hydrogen) atoms. The van der Waals surface area contributed by atoms with Gasteiger partial charge in [-0.1, -0.05) is 6.07 Å². The highest BCUT2D eigenvalue weighted by Gasteiger charge is 2.14. The molecule has 0 radical (unpaired) electrons. The van der Waals surface area contributed by atoms with E-state index in [9.17, 15) is 26.0 Å². The van der Waals surface area contributed by atoms with Crippen LogP contribution in [-0.2, 0) is 24.8 Å². The van der Waals surface area contributed by atoms with Crippen LogP contribution >= 0.6 is 0 Å². The summed E-state index contributed by atoms with van der Waals surface area (Å²) < 4.78 is 64.4. The van der Waals surface area contributed by atoms with E-state index in [2.05, 4.69) is 14.8 Å². The molecular formula is C17H20FN3O5S2. The van der Waals surface area contributed by atoms with Crippen molar-refractivity contribution >= 4 is 37.3 Å². The number of rotatable bonds is 8. The summed E-state index contributed by atoms with van der Waals surface area (Å²) in [4.78, 5) is 11.9. The number of nitrogens with one attached hydrogen (secondary N) is 3. The molecule has 2 aromatic rings. The summed E-state index contributed by atoms with van der Waals surface area (Å²) in [5.74, 6) is -1.02. The van der Waals surface area contributed by atoms with Gasteiger partial charge in [0.05, 0.1) is 16.8 Å². The van der Waals surface area contributed by atoms with Crippen molar-refractivity contribution in [3.05, 3.63) is 53.8 Å². The maximum atomic E-state index is 12.9. The Labute approximate surface area is 163 Å². The Kier molecular flexibility index (Phi) is 6.75. The first kappa shape index (κ1) is 21.8. The van der Waals surface area contributed by atoms with E-state index >= 15 is 0 Å². The van der Waals surface area contributed by atoms with Gasteiger partial charge in [0.2, 0.25) is 26.0 Å². The van der Waals surface area contributed by atoms with Crippen LogP contribution in [0.25, 0.3) is 0 Å². The Hall–Kier alpha value is -2.50. The van der Waals surface area contributed by atoms with Crippen molar-refractivity contribution in [1.82, 2.24) is 4.72 Å². The lowest BCUT2D eigenvalue weighted by molar-refractivity contribution is -0.116. The molecule has 0 heterocycles. The van der Waals surface area contributed by atoms with E-state index < -0.39 is 31.8 Å². The third-order valence-electron chi connectivity index (χ3n) is 3.58. The zero-order valence-corrected chi connectivity index (χ0v) is 16.8. The quantitative estimate of drug-likeness (QED) is 0.591. The normalized spacial score (nSPS) is 11.8. The average Bonchev–Trinajstić information content (AvgIpc) is 2.57. The van der Waals surface area contributed by atoms with E-state index in [1.165, 1.54) is 6.07 Å². The molecule has 0 aliphatic rings. The molecule has 0 bridgehead atoms. The van der Waals surface area contributed by atoms with Gasteiger partial charge >= 0.3 is 0 Å². The minimum absolute atomic E-state index is 0.107. The molecule has 1 amide bonds. The van der Waals surface area contributed by atoms with Gasteiger partial charge in [-0.3, -0.25) is 9.52 Å². The van der Waals surface area contributed by atoms with Gasteiger partial charge in [0.25, 0.3) is 0 Å². The van der Waals surface area contributed by atoms with E-state index in [0.29, 0.717) is 16.9 Å². The second kappa shape index (κ2) is 8.67. The molecule has 0 aromatic heterocycles. The van der Waals surface area contributed by atoms with Crippen LogP contribution in [0.15, 0.2) is 47.4 Å². The van der Waals surface area contributed by atoms with Crippen molar-refractivity contribution in [3.63, 3.8) is 0 Å². The molecule has 0 saturated heterocycles. The van der Waals surface area contributed by atoms with Crippen molar-refractivity contribution < 1.29 is 26.0 Å². The highest BCUT2D eigenvalue weighted by atomic mass is 32.2. The molecule has 152 valence electrons. The predicted molar refractivity (Wildman–Crippen MR) is 104 cm³/mol. The van der Waals surface area contributed by atoms with Gasteiger partial charge < -0.3 is 5.32 Å². The van der Waals surface area contributed by atoms with Crippen LogP contribution in [0, 0.1) is 12.7 Å². The monoisotopic (exact) mass is 429 g/mol. The lowest BCUT2D eigenvalue weighted by Crippen LogP contribution is -2.27. The second-order valence-electron chi connectivity index (χ2n) is 6.05. The fourth-order valence-corrected chi connectivity index (χ4v) is 3.88. The number of carbonyl (C=O) groups excluding carboxylic acids is 1. The lowest BCUT2D eigenvalue weighted by Gasteiger charge is -2.11. The van der Waals surface area contributed by atoms with Crippen LogP contribution in [0.3, 0.4) is 0 Å². The van der Waals surface area contributed by atoms with Crippen molar-refractivity contribution in [1.29, 1.82) is 0 Å². The van der Waals surface area contributed by atoms with E-state index in [1.807, 2.05) is 0 Å². The predicted octanol–water partition coefficient (Wildman–Crippen LogP) is 1.81. The molecule has 0 unspecified atom stereocenters. The standard InChI is InChI=1S/C17H20FN3O5S2/c1-12-3-6-14(11-16(12)21-27(2,23)24)20-17(22)9-10-19-28(25,26)15-7-4-13(18)5-8-15/h3-8,11,19,21H,9-10H2,1-2H3,(H,20,22). The minimum Gasteiger partial charge on any atom is -0.326 e. The highest BCUT2D eigenvalue weighted by Crippen LogP contribution is 2.21. The molecule has 0 aliphatic heterocycles. The lowest BCUT2D eigenvalue weighted by atomic mass is 10.2. The smallest absolute Gasteiger partial charge is 0.240 e. The first-order chi connectivity index (χ1) is 13.0. The van der Waals surface area contributed by atoms with Crippen molar-refractivity contribution in [2.45, 2.75) is 18.2 Å². The van der Waals surface area contributed by atoms with Gasteiger partial charge in [0, 0.05) is 18.7 Å². The Morgan fingerprint density at radius 3 is 2.29 bits per heavy atom. The number of benzene rings is 2. The number of hydrogen-bond donors (Lipinski definition) is 3. The molecule has 0 spiro atoms. The van der Waals surface area contributed by atoms with Crippen LogP contribution in [0.2, 0.25) is 0 Å². The molecule has 2 aromatic carbocycles. The molecule has 3 N–H and O–H groups in total. The number of carbonyl (C=O) groups is 1. The SMILES string of the molecule is Cc1ccc(NC(=O)CCNS(=O)(=O)c2ccc(F)cc2)cc1NS(C)(=O)=O.